The molecule has 0 atom stereocenters. The van der Waals surface area contributed by atoms with Gasteiger partial charge in [0.2, 0.25) is 0 Å². The van der Waals surface area contributed by atoms with Crippen molar-refractivity contribution in [3.05, 3.63) is 32.7 Å². The van der Waals surface area contributed by atoms with Crippen molar-refractivity contribution < 1.29 is 0 Å². The molecule has 0 radical (unpaired) electrons. The van der Waals surface area contributed by atoms with E-state index in [-0.39, 0.29) is 5.56 Å². The van der Waals surface area contributed by atoms with Gasteiger partial charge in [-0.2, -0.15) is 0 Å². The van der Waals surface area contributed by atoms with Crippen molar-refractivity contribution in [3.63, 3.8) is 0 Å². The van der Waals surface area contributed by atoms with Crippen LogP contribution in [0.25, 0.3) is 0 Å². The first-order valence-corrected chi connectivity index (χ1v) is 5.82. The van der Waals surface area contributed by atoms with Crippen LogP contribution in [-0.4, -0.2) is 4.57 Å². The SMILES string of the molecule is Cc1cc(Br)cn(CCC2CC2)c1=O. The highest BCUT2D eigenvalue weighted by Gasteiger charge is 2.20. The van der Waals surface area contributed by atoms with Crippen molar-refractivity contribution in [2.75, 3.05) is 0 Å². The van der Waals surface area contributed by atoms with E-state index in [1.165, 1.54) is 12.8 Å². The minimum Gasteiger partial charge on any atom is -0.314 e. The number of rotatable bonds is 3. The van der Waals surface area contributed by atoms with Crippen LogP contribution in [0.3, 0.4) is 0 Å². The Kier molecular flexibility index (Phi) is 2.77. The minimum absolute atomic E-state index is 0.147. The molecule has 0 spiro atoms. The first-order chi connectivity index (χ1) is 6.66. The van der Waals surface area contributed by atoms with Crippen molar-refractivity contribution in [3.8, 4) is 0 Å². The molecule has 2 nitrogen and oxygen atoms in total. The van der Waals surface area contributed by atoms with Crippen molar-refractivity contribution in [2.24, 2.45) is 5.92 Å². The molecule has 14 heavy (non-hydrogen) atoms. The molecular weight excluding hydrogens is 242 g/mol. The van der Waals surface area contributed by atoms with Crippen LogP contribution in [0.2, 0.25) is 0 Å². The second kappa shape index (κ2) is 3.89. The normalized spacial score (nSPS) is 15.9. The predicted octanol–water partition coefficient (Wildman–Crippen LogP) is 2.72. The molecule has 0 aromatic carbocycles. The molecule has 76 valence electrons. The number of aromatic nitrogens is 1. The Bertz CT molecular complexity index is 393. The molecule has 1 saturated carbocycles. The van der Waals surface area contributed by atoms with E-state index in [4.69, 9.17) is 0 Å². The van der Waals surface area contributed by atoms with Crippen LogP contribution in [-0.2, 0) is 6.54 Å². The second-order valence-corrected chi connectivity index (χ2v) is 4.99. The molecular formula is C11H14BrNO. The second-order valence-electron chi connectivity index (χ2n) is 4.07. The van der Waals surface area contributed by atoms with E-state index in [1.807, 2.05) is 23.8 Å². The summed E-state index contributed by atoms with van der Waals surface area (Å²) in [5.41, 5.74) is 0.962. The fourth-order valence-corrected chi connectivity index (χ4v) is 2.22. The lowest BCUT2D eigenvalue weighted by Gasteiger charge is -2.06. The van der Waals surface area contributed by atoms with Gasteiger partial charge in [0.15, 0.2) is 0 Å². The zero-order chi connectivity index (χ0) is 10.1. The Hall–Kier alpha value is -0.570. The molecule has 0 N–H and O–H groups in total. The average molecular weight is 256 g/mol. The maximum atomic E-state index is 11.7. The lowest BCUT2D eigenvalue weighted by molar-refractivity contribution is 0.578. The lowest BCUT2D eigenvalue weighted by Crippen LogP contribution is -2.21. The van der Waals surface area contributed by atoms with E-state index < -0.39 is 0 Å². The third kappa shape index (κ3) is 2.27. The Balaban J connectivity index is 2.17. The Morgan fingerprint density at radius 3 is 2.93 bits per heavy atom. The fraction of sp³-hybridized carbons (Fsp3) is 0.545. The van der Waals surface area contributed by atoms with Gasteiger partial charge in [-0.1, -0.05) is 12.8 Å². The molecule has 0 bridgehead atoms. The fourth-order valence-electron chi connectivity index (χ4n) is 1.63. The van der Waals surface area contributed by atoms with Crippen LogP contribution in [0.4, 0.5) is 0 Å². The van der Waals surface area contributed by atoms with Crippen molar-refractivity contribution in [1.29, 1.82) is 0 Å². The van der Waals surface area contributed by atoms with Gasteiger partial charge in [0.25, 0.3) is 5.56 Å². The molecule has 3 heteroatoms. The highest BCUT2D eigenvalue weighted by molar-refractivity contribution is 9.10. The molecule has 1 aromatic rings. The maximum absolute atomic E-state index is 11.7. The van der Waals surface area contributed by atoms with Crippen molar-refractivity contribution in [2.45, 2.75) is 32.7 Å². The topological polar surface area (TPSA) is 22.0 Å². The zero-order valence-electron chi connectivity index (χ0n) is 8.29. The van der Waals surface area contributed by atoms with Crippen LogP contribution >= 0.6 is 15.9 Å². The molecule has 1 aliphatic rings. The highest BCUT2D eigenvalue weighted by atomic mass is 79.9. The van der Waals surface area contributed by atoms with Gasteiger partial charge in [0.05, 0.1) is 0 Å². The largest absolute Gasteiger partial charge is 0.314 e. The Labute approximate surface area is 92.1 Å². The van der Waals surface area contributed by atoms with Crippen LogP contribution in [0.5, 0.6) is 0 Å². The Morgan fingerprint density at radius 1 is 1.57 bits per heavy atom. The first kappa shape index (κ1) is 9.97. The van der Waals surface area contributed by atoms with Crippen molar-refractivity contribution >= 4 is 15.9 Å². The van der Waals surface area contributed by atoms with Gasteiger partial charge < -0.3 is 4.57 Å². The van der Waals surface area contributed by atoms with Gasteiger partial charge in [-0.3, -0.25) is 4.79 Å². The number of nitrogens with zero attached hydrogens (tertiary/aromatic N) is 1. The number of hydrogen-bond donors (Lipinski definition) is 0. The monoisotopic (exact) mass is 255 g/mol. The van der Waals surface area contributed by atoms with Gasteiger partial charge in [-0.15, -0.1) is 0 Å². The number of pyridine rings is 1. The van der Waals surface area contributed by atoms with Gasteiger partial charge in [0.1, 0.15) is 0 Å². The quantitative estimate of drug-likeness (QED) is 0.815. The molecule has 0 saturated heterocycles. The van der Waals surface area contributed by atoms with E-state index >= 15 is 0 Å². The number of hydrogen-bond acceptors (Lipinski definition) is 1. The molecule has 1 fully saturated rings. The smallest absolute Gasteiger partial charge is 0.253 e. The molecule has 1 aromatic heterocycles. The molecule has 0 aliphatic heterocycles. The molecule has 2 rings (SSSR count). The van der Waals surface area contributed by atoms with E-state index in [0.717, 1.165) is 28.9 Å². The third-order valence-electron chi connectivity index (χ3n) is 2.71. The summed E-state index contributed by atoms with van der Waals surface area (Å²) in [6.45, 7) is 2.73. The van der Waals surface area contributed by atoms with Crippen LogP contribution in [0, 0.1) is 12.8 Å². The summed E-state index contributed by atoms with van der Waals surface area (Å²) in [6.07, 6.45) is 5.73. The molecule has 0 unspecified atom stereocenters. The highest BCUT2D eigenvalue weighted by Crippen LogP contribution is 2.32. The van der Waals surface area contributed by atoms with Crippen LogP contribution in [0.15, 0.2) is 21.5 Å². The van der Waals surface area contributed by atoms with Gasteiger partial charge in [-0.05, 0) is 41.3 Å². The number of aryl methyl sites for hydroxylation is 2. The lowest BCUT2D eigenvalue weighted by atomic mass is 10.2. The summed E-state index contributed by atoms with van der Waals surface area (Å²) in [5.74, 6) is 0.876. The summed E-state index contributed by atoms with van der Waals surface area (Å²) >= 11 is 3.41. The van der Waals surface area contributed by atoms with E-state index in [9.17, 15) is 4.79 Å². The summed E-state index contributed by atoms with van der Waals surface area (Å²) in [7, 11) is 0. The van der Waals surface area contributed by atoms with E-state index in [1.54, 1.807) is 0 Å². The van der Waals surface area contributed by atoms with Gasteiger partial charge in [-0.25, -0.2) is 0 Å². The first-order valence-electron chi connectivity index (χ1n) is 5.03. The van der Waals surface area contributed by atoms with Crippen molar-refractivity contribution in [1.82, 2.24) is 4.57 Å². The van der Waals surface area contributed by atoms with E-state index in [2.05, 4.69) is 15.9 Å². The Morgan fingerprint density at radius 2 is 2.29 bits per heavy atom. The van der Waals surface area contributed by atoms with E-state index in [0.29, 0.717) is 0 Å². The summed E-state index contributed by atoms with van der Waals surface area (Å²) in [6, 6.07) is 1.87. The minimum atomic E-state index is 0.147. The third-order valence-corrected chi connectivity index (χ3v) is 3.14. The average Bonchev–Trinajstić information content (AvgIpc) is 2.92. The molecule has 0 amide bonds. The maximum Gasteiger partial charge on any atom is 0.253 e. The van der Waals surface area contributed by atoms with Gasteiger partial charge >= 0.3 is 0 Å². The predicted molar refractivity (Wildman–Crippen MR) is 60.5 cm³/mol. The molecule has 1 aliphatic carbocycles. The van der Waals surface area contributed by atoms with Crippen LogP contribution in [0.1, 0.15) is 24.8 Å². The molecule has 1 heterocycles. The standard InChI is InChI=1S/C11H14BrNO/c1-8-6-10(12)7-13(11(8)14)5-4-9-2-3-9/h6-7,9H,2-5H2,1H3. The van der Waals surface area contributed by atoms with Crippen LogP contribution < -0.4 is 5.56 Å². The summed E-state index contributed by atoms with van der Waals surface area (Å²) in [5, 5.41) is 0. The zero-order valence-corrected chi connectivity index (χ0v) is 9.88. The summed E-state index contributed by atoms with van der Waals surface area (Å²) in [4.78, 5) is 11.7. The number of halogens is 1. The van der Waals surface area contributed by atoms with Gasteiger partial charge in [0, 0.05) is 22.8 Å². The summed E-state index contributed by atoms with van der Waals surface area (Å²) < 4.78 is 2.81.